The molecule has 1 amide bonds. The second kappa shape index (κ2) is 9.24. The van der Waals surface area contributed by atoms with Gasteiger partial charge in [0.05, 0.1) is 0 Å². The van der Waals surface area contributed by atoms with Gasteiger partial charge < -0.3 is 15.5 Å². The van der Waals surface area contributed by atoms with Gasteiger partial charge in [-0.05, 0) is 61.2 Å². The van der Waals surface area contributed by atoms with Crippen molar-refractivity contribution in [3.05, 3.63) is 84.2 Å². The molecule has 0 spiro atoms. The van der Waals surface area contributed by atoms with Crippen molar-refractivity contribution in [3.8, 4) is 0 Å². The number of hydrogen-bond acceptors (Lipinski definition) is 4. The maximum atomic E-state index is 12.6. The van der Waals surface area contributed by atoms with Gasteiger partial charge in [-0.1, -0.05) is 30.3 Å². The maximum absolute atomic E-state index is 12.6. The summed E-state index contributed by atoms with van der Waals surface area (Å²) >= 11 is 0. The topological polar surface area (TPSA) is 57.3 Å². The highest BCUT2D eigenvalue weighted by molar-refractivity contribution is 6.03. The lowest BCUT2D eigenvalue weighted by atomic mass is 10.1. The predicted octanol–water partition coefficient (Wildman–Crippen LogP) is 4.59. The van der Waals surface area contributed by atoms with Gasteiger partial charge in [-0.15, -0.1) is 0 Å². The number of pyridine rings is 1. The summed E-state index contributed by atoms with van der Waals surface area (Å²) in [6.45, 7) is 3.02. The summed E-state index contributed by atoms with van der Waals surface area (Å²) in [7, 11) is 0. The van der Waals surface area contributed by atoms with Crippen LogP contribution in [0.1, 0.15) is 28.9 Å². The first-order valence-electron chi connectivity index (χ1n) is 10.2. The number of hydrogen-bond donors (Lipinski definition) is 2. The molecule has 0 bridgehead atoms. The molecular formula is C24H26N4O. The van der Waals surface area contributed by atoms with Gasteiger partial charge in [-0.2, -0.15) is 0 Å². The highest BCUT2D eigenvalue weighted by Crippen LogP contribution is 2.22. The largest absolute Gasteiger partial charge is 0.385 e. The molecule has 1 aromatic heterocycles. The molecule has 148 valence electrons. The molecule has 0 radical (unpaired) electrons. The van der Waals surface area contributed by atoms with Crippen molar-refractivity contribution in [2.45, 2.75) is 19.3 Å². The van der Waals surface area contributed by atoms with Crippen molar-refractivity contribution in [2.75, 3.05) is 35.2 Å². The van der Waals surface area contributed by atoms with Crippen LogP contribution in [0.25, 0.3) is 0 Å². The number of nitrogens with zero attached hydrogens (tertiary/aromatic N) is 2. The van der Waals surface area contributed by atoms with Gasteiger partial charge in [0.25, 0.3) is 5.91 Å². The molecule has 1 aliphatic rings. The van der Waals surface area contributed by atoms with Crippen molar-refractivity contribution in [3.63, 3.8) is 0 Å². The summed E-state index contributed by atoms with van der Waals surface area (Å²) in [5.41, 5.74) is 4.57. The van der Waals surface area contributed by atoms with E-state index in [0.717, 1.165) is 37.4 Å². The molecule has 0 aliphatic carbocycles. The zero-order chi connectivity index (χ0) is 19.9. The van der Waals surface area contributed by atoms with Gasteiger partial charge in [-0.25, -0.2) is 0 Å². The first-order valence-corrected chi connectivity index (χ1v) is 10.2. The second-order valence-electron chi connectivity index (χ2n) is 7.29. The molecule has 1 aliphatic heterocycles. The van der Waals surface area contributed by atoms with Crippen molar-refractivity contribution < 1.29 is 4.79 Å². The average molecular weight is 386 g/mol. The Hall–Kier alpha value is -3.34. The molecule has 29 heavy (non-hydrogen) atoms. The molecule has 4 rings (SSSR count). The van der Waals surface area contributed by atoms with Crippen LogP contribution in [0.5, 0.6) is 0 Å². The summed E-state index contributed by atoms with van der Waals surface area (Å²) in [5, 5.41) is 6.30. The molecule has 1 fully saturated rings. The number of nitrogens with one attached hydrogen (secondary N) is 2. The van der Waals surface area contributed by atoms with E-state index in [2.05, 4.69) is 44.8 Å². The molecule has 5 nitrogen and oxygen atoms in total. The van der Waals surface area contributed by atoms with Crippen LogP contribution in [-0.4, -0.2) is 30.5 Å². The minimum absolute atomic E-state index is 0.203. The third kappa shape index (κ3) is 5.13. The Morgan fingerprint density at radius 2 is 1.69 bits per heavy atom. The molecule has 3 aromatic rings. The van der Waals surface area contributed by atoms with Gasteiger partial charge in [0.15, 0.2) is 0 Å². The quantitative estimate of drug-likeness (QED) is 0.624. The van der Waals surface area contributed by atoms with E-state index in [0.29, 0.717) is 5.69 Å². The van der Waals surface area contributed by atoms with Gasteiger partial charge in [0, 0.05) is 42.9 Å². The lowest BCUT2D eigenvalue weighted by Crippen LogP contribution is -2.18. The standard InChI is InChI=1S/C24H26N4O/c29-24(27-20-8-10-22(11-9-20)28-16-4-5-17-28)23-18-21(13-15-26-23)25-14-12-19-6-2-1-3-7-19/h1-3,6-11,13,15,18H,4-5,12,14,16-17H2,(H,25,26)(H,27,29). The monoisotopic (exact) mass is 386 g/mol. The Balaban J connectivity index is 1.33. The lowest BCUT2D eigenvalue weighted by Gasteiger charge is -2.17. The number of amides is 1. The van der Waals surface area contributed by atoms with Crippen LogP contribution in [-0.2, 0) is 6.42 Å². The van der Waals surface area contributed by atoms with Gasteiger partial charge in [0.2, 0.25) is 0 Å². The fourth-order valence-corrected chi connectivity index (χ4v) is 3.59. The number of carbonyl (C=O) groups excluding carboxylic acids is 1. The Labute approximate surface area is 171 Å². The van der Waals surface area contributed by atoms with E-state index in [1.807, 2.05) is 36.4 Å². The third-order valence-corrected chi connectivity index (χ3v) is 5.17. The average Bonchev–Trinajstić information content (AvgIpc) is 3.30. The number of benzene rings is 2. The van der Waals surface area contributed by atoms with Crippen molar-refractivity contribution in [1.29, 1.82) is 0 Å². The van der Waals surface area contributed by atoms with Crippen molar-refractivity contribution in [1.82, 2.24) is 4.98 Å². The van der Waals surface area contributed by atoms with Crippen LogP contribution in [0.2, 0.25) is 0 Å². The Bertz CT molecular complexity index is 935. The fourth-order valence-electron chi connectivity index (χ4n) is 3.59. The first-order chi connectivity index (χ1) is 14.3. The van der Waals surface area contributed by atoms with E-state index < -0.39 is 0 Å². The lowest BCUT2D eigenvalue weighted by molar-refractivity contribution is 0.102. The van der Waals surface area contributed by atoms with Crippen molar-refractivity contribution >= 4 is 23.0 Å². The predicted molar refractivity (Wildman–Crippen MR) is 119 cm³/mol. The molecular weight excluding hydrogens is 360 g/mol. The SMILES string of the molecule is O=C(Nc1ccc(N2CCCC2)cc1)c1cc(NCCc2ccccc2)ccn1. The molecule has 5 heteroatoms. The maximum Gasteiger partial charge on any atom is 0.274 e. The Morgan fingerprint density at radius 1 is 0.931 bits per heavy atom. The van der Waals surface area contributed by atoms with Crippen LogP contribution in [0.4, 0.5) is 17.1 Å². The van der Waals surface area contributed by atoms with Gasteiger partial charge >= 0.3 is 0 Å². The minimum atomic E-state index is -0.203. The molecule has 1 saturated heterocycles. The van der Waals surface area contributed by atoms with E-state index >= 15 is 0 Å². The first kappa shape index (κ1) is 19.0. The molecule has 2 N–H and O–H groups in total. The summed E-state index contributed by atoms with van der Waals surface area (Å²) in [4.78, 5) is 19.2. The van der Waals surface area contributed by atoms with E-state index in [-0.39, 0.29) is 5.91 Å². The van der Waals surface area contributed by atoms with E-state index in [9.17, 15) is 4.79 Å². The van der Waals surface area contributed by atoms with E-state index in [1.54, 1.807) is 12.3 Å². The normalized spacial score (nSPS) is 13.3. The molecule has 2 heterocycles. The smallest absolute Gasteiger partial charge is 0.274 e. The molecule has 2 aromatic carbocycles. The summed E-state index contributed by atoms with van der Waals surface area (Å²) in [5.74, 6) is -0.203. The second-order valence-corrected chi connectivity index (χ2v) is 7.29. The fraction of sp³-hybridized carbons (Fsp3) is 0.250. The number of aromatic nitrogens is 1. The van der Waals surface area contributed by atoms with E-state index in [4.69, 9.17) is 0 Å². The Kier molecular flexibility index (Phi) is 6.05. The van der Waals surface area contributed by atoms with Crippen LogP contribution in [0, 0.1) is 0 Å². The minimum Gasteiger partial charge on any atom is -0.385 e. The Morgan fingerprint density at radius 3 is 2.45 bits per heavy atom. The summed E-state index contributed by atoms with van der Waals surface area (Å²) < 4.78 is 0. The number of anilines is 3. The molecule has 0 atom stereocenters. The van der Waals surface area contributed by atoms with Crippen molar-refractivity contribution in [2.24, 2.45) is 0 Å². The highest BCUT2D eigenvalue weighted by atomic mass is 16.1. The summed E-state index contributed by atoms with van der Waals surface area (Å²) in [6, 6.07) is 22.0. The van der Waals surface area contributed by atoms with Crippen LogP contribution < -0.4 is 15.5 Å². The van der Waals surface area contributed by atoms with Gasteiger partial charge in [0.1, 0.15) is 5.69 Å². The molecule has 0 saturated carbocycles. The van der Waals surface area contributed by atoms with Gasteiger partial charge in [-0.3, -0.25) is 9.78 Å². The zero-order valence-electron chi connectivity index (χ0n) is 16.5. The van der Waals surface area contributed by atoms with Crippen LogP contribution >= 0.6 is 0 Å². The third-order valence-electron chi connectivity index (χ3n) is 5.17. The highest BCUT2D eigenvalue weighted by Gasteiger charge is 2.13. The van der Waals surface area contributed by atoms with E-state index in [1.165, 1.54) is 24.1 Å². The summed E-state index contributed by atoms with van der Waals surface area (Å²) in [6.07, 6.45) is 5.09. The molecule has 0 unspecified atom stereocenters. The number of carbonyl (C=O) groups is 1. The zero-order valence-corrected chi connectivity index (χ0v) is 16.5. The van der Waals surface area contributed by atoms with Crippen LogP contribution in [0.15, 0.2) is 72.9 Å². The van der Waals surface area contributed by atoms with Crippen LogP contribution in [0.3, 0.4) is 0 Å². The number of rotatable bonds is 7.